The van der Waals surface area contributed by atoms with Crippen LogP contribution in [0, 0.1) is 0 Å². The Morgan fingerprint density at radius 2 is 1.90 bits per heavy atom. The highest BCUT2D eigenvalue weighted by Crippen LogP contribution is 2.43. The van der Waals surface area contributed by atoms with Gasteiger partial charge >= 0.3 is 11.9 Å². The molecule has 114 valence electrons. The topological polar surface area (TPSA) is 82.1 Å². The Morgan fingerprint density at radius 3 is 2.43 bits per heavy atom. The number of nitrogens with zero attached hydrogens (tertiary/aromatic N) is 1. The monoisotopic (exact) mass is 313 g/mol. The highest BCUT2D eigenvalue weighted by molar-refractivity contribution is 8.02. The van der Waals surface area contributed by atoms with Crippen molar-refractivity contribution in [3.05, 3.63) is 22.9 Å². The van der Waals surface area contributed by atoms with Crippen LogP contribution in [-0.4, -0.2) is 48.0 Å². The molecule has 0 aromatic carbocycles. The van der Waals surface area contributed by atoms with E-state index in [9.17, 15) is 14.4 Å². The number of methoxy groups -OCH3 is 2. The molecular formula is C13H15NO6S. The lowest BCUT2D eigenvalue weighted by Crippen LogP contribution is -2.53. The molecule has 2 aliphatic heterocycles. The highest BCUT2D eigenvalue weighted by Gasteiger charge is 2.52. The lowest BCUT2D eigenvalue weighted by atomic mass is 9.88. The molecule has 8 heteroatoms. The fourth-order valence-corrected chi connectivity index (χ4v) is 3.03. The van der Waals surface area contributed by atoms with Crippen molar-refractivity contribution >= 4 is 29.5 Å². The molecule has 21 heavy (non-hydrogen) atoms. The number of carbonyl (C=O) groups excluding carboxylic acids is 3. The third-order valence-electron chi connectivity index (χ3n) is 3.39. The normalized spacial score (nSPS) is 27.4. The summed E-state index contributed by atoms with van der Waals surface area (Å²) in [6.45, 7) is 2.74. The van der Waals surface area contributed by atoms with Crippen LogP contribution in [0.15, 0.2) is 22.9 Å². The van der Waals surface area contributed by atoms with E-state index in [2.05, 4.69) is 0 Å². The van der Waals surface area contributed by atoms with E-state index in [0.717, 1.165) is 0 Å². The molecule has 0 aromatic heterocycles. The number of ketones is 1. The quantitative estimate of drug-likeness (QED) is 0.707. The van der Waals surface area contributed by atoms with Crippen LogP contribution >= 0.6 is 11.8 Å². The molecule has 0 radical (unpaired) electrons. The Hall–Kier alpha value is -1.80. The molecule has 0 spiro atoms. The zero-order valence-electron chi connectivity index (χ0n) is 12.0. The zero-order chi connectivity index (χ0) is 15.8. The van der Waals surface area contributed by atoms with Gasteiger partial charge in [0.05, 0.1) is 14.2 Å². The van der Waals surface area contributed by atoms with E-state index in [4.69, 9.17) is 14.2 Å². The average Bonchev–Trinajstić information content (AvgIpc) is 2.91. The zero-order valence-corrected chi connectivity index (χ0v) is 12.9. The van der Waals surface area contributed by atoms with E-state index in [0.29, 0.717) is 0 Å². The smallest absolute Gasteiger partial charge is 0.355 e. The molecule has 0 bridgehead atoms. The van der Waals surface area contributed by atoms with Crippen LogP contribution in [0.4, 0.5) is 0 Å². The van der Waals surface area contributed by atoms with Gasteiger partial charge in [-0.1, -0.05) is 11.8 Å². The maximum atomic E-state index is 12.1. The summed E-state index contributed by atoms with van der Waals surface area (Å²) in [4.78, 5) is 37.7. The molecule has 0 aliphatic carbocycles. The van der Waals surface area contributed by atoms with E-state index in [1.54, 1.807) is 11.6 Å². The van der Waals surface area contributed by atoms with Crippen molar-refractivity contribution in [3.8, 4) is 0 Å². The van der Waals surface area contributed by atoms with Crippen molar-refractivity contribution < 1.29 is 28.6 Å². The third kappa shape index (κ3) is 2.34. The standard InChI is InChI=1S/C13H15NO6S/c1-7(15)13(2)8(10(16)18-3)9(11(17)19-4)14-5-6-21-12(14)20-13/h5-6,12H,1-4H3. The predicted molar refractivity (Wildman–Crippen MR) is 73.6 cm³/mol. The summed E-state index contributed by atoms with van der Waals surface area (Å²) in [5, 5.41) is 1.70. The van der Waals surface area contributed by atoms with Crippen LogP contribution in [0.25, 0.3) is 0 Å². The number of esters is 2. The van der Waals surface area contributed by atoms with Gasteiger partial charge in [0.15, 0.2) is 16.9 Å². The number of Topliss-reactive ketones (excluding diaryl/α,β-unsaturated/α-hetero) is 1. The fourth-order valence-electron chi connectivity index (χ4n) is 2.14. The maximum Gasteiger partial charge on any atom is 0.355 e. The Labute approximate surface area is 125 Å². The van der Waals surface area contributed by atoms with Gasteiger partial charge in [0.25, 0.3) is 0 Å². The number of rotatable bonds is 3. The highest BCUT2D eigenvalue weighted by atomic mass is 32.2. The second kappa shape index (κ2) is 5.53. The van der Waals surface area contributed by atoms with E-state index in [1.807, 2.05) is 0 Å². The minimum Gasteiger partial charge on any atom is -0.466 e. The van der Waals surface area contributed by atoms with Gasteiger partial charge < -0.3 is 19.1 Å². The van der Waals surface area contributed by atoms with Gasteiger partial charge in [-0.15, -0.1) is 0 Å². The van der Waals surface area contributed by atoms with Gasteiger partial charge in [-0.3, -0.25) is 4.79 Å². The summed E-state index contributed by atoms with van der Waals surface area (Å²) in [6.07, 6.45) is 1.59. The Kier molecular flexibility index (Phi) is 4.11. The Bertz CT molecular complexity index is 569. The maximum absolute atomic E-state index is 12.1. The summed E-state index contributed by atoms with van der Waals surface area (Å²) in [5.74, 6) is -1.95. The van der Waals surface area contributed by atoms with Crippen molar-refractivity contribution in [2.75, 3.05) is 14.2 Å². The molecule has 2 atom stereocenters. The molecule has 0 saturated heterocycles. The van der Waals surface area contributed by atoms with Crippen LogP contribution in [0.2, 0.25) is 0 Å². The predicted octanol–water partition coefficient (Wildman–Crippen LogP) is 0.768. The van der Waals surface area contributed by atoms with Crippen LogP contribution in [-0.2, 0) is 28.6 Å². The molecule has 0 amide bonds. The average molecular weight is 313 g/mol. The molecule has 2 rings (SSSR count). The van der Waals surface area contributed by atoms with Crippen molar-refractivity contribution in [1.82, 2.24) is 4.90 Å². The van der Waals surface area contributed by atoms with Crippen molar-refractivity contribution in [2.45, 2.75) is 25.0 Å². The Balaban J connectivity index is 2.71. The molecular weight excluding hydrogens is 298 g/mol. The summed E-state index contributed by atoms with van der Waals surface area (Å²) >= 11 is 1.28. The molecule has 0 saturated carbocycles. The van der Waals surface area contributed by atoms with Crippen molar-refractivity contribution in [2.24, 2.45) is 0 Å². The van der Waals surface area contributed by atoms with Crippen LogP contribution in [0.5, 0.6) is 0 Å². The van der Waals surface area contributed by atoms with Crippen LogP contribution < -0.4 is 0 Å². The number of ether oxygens (including phenoxy) is 3. The number of hydrogen-bond acceptors (Lipinski definition) is 8. The minimum absolute atomic E-state index is 0.0421. The van der Waals surface area contributed by atoms with E-state index in [-0.39, 0.29) is 11.3 Å². The first-order chi connectivity index (χ1) is 9.86. The minimum atomic E-state index is -1.57. The number of fused-ring (bicyclic) bond motifs is 1. The fraction of sp³-hybridized carbons (Fsp3) is 0.462. The van der Waals surface area contributed by atoms with E-state index < -0.39 is 28.9 Å². The molecule has 2 heterocycles. The second-order valence-corrected chi connectivity index (χ2v) is 5.50. The van der Waals surface area contributed by atoms with Crippen molar-refractivity contribution in [1.29, 1.82) is 0 Å². The summed E-state index contributed by atoms with van der Waals surface area (Å²) in [7, 11) is 2.37. The summed E-state index contributed by atoms with van der Waals surface area (Å²) in [6, 6.07) is 0. The van der Waals surface area contributed by atoms with Crippen LogP contribution in [0.3, 0.4) is 0 Å². The van der Waals surface area contributed by atoms with Gasteiger partial charge in [0.1, 0.15) is 11.3 Å². The molecule has 2 aliphatic rings. The summed E-state index contributed by atoms with van der Waals surface area (Å²) in [5.41, 5.74) is -2.38. The van der Waals surface area contributed by atoms with Gasteiger partial charge in [-0.25, -0.2) is 9.59 Å². The van der Waals surface area contributed by atoms with E-state index >= 15 is 0 Å². The van der Waals surface area contributed by atoms with Gasteiger partial charge in [0, 0.05) is 6.20 Å². The molecule has 0 N–H and O–H groups in total. The first kappa shape index (κ1) is 15.6. The van der Waals surface area contributed by atoms with Gasteiger partial charge in [-0.05, 0) is 19.3 Å². The van der Waals surface area contributed by atoms with E-state index in [1.165, 1.54) is 44.7 Å². The molecule has 0 fully saturated rings. The Morgan fingerprint density at radius 1 is 1.29 bits per heavy atom. The SMILES string of the molecule is COC(=O)C1=C(C(=O)OC)C(C)(C(C)=O)OC2SC=CN12. The second-order valence-electron chi connectivity index (χ2n) is 4.55. The summed E-state index contributed by atoms with van der Waals surface area (Å²) < 4.78 is 15.2. The first-order valence-electron chi connectivity index (χ1n) is 6.07. The lowest BCUT2D eigenvalue weighted by molar-refractivity contribution is -0.159. The largest absolute Gasteiger partial charge is 0.466 e. The number of hydrogen-bond donors (Lipinski definition) is 0. The third-order valence-corrected chi connectivity index (χ3v) is 4.23. The van der Waals surface area contributed by atoms with Crippen molar-refractivity contribution in [3.63, 3.8) is 0 Å². The van der Waals surface area contributed by atoms with Gasteiger partial charge in [0.2, 0.25) is 0 Å². The molecule has 0 aromatic rings. The first-order valence-corrected chi connectivity index (χ1v) is 7.01. The molecule has 2 unspecified atom stereocenters. The van der Waals surface area contributed by atoms with Gasteiger partial charge in [-0.2, -0.15) is 0 Å². The number of thioether (sulfide) groups is 1. The van der Waals surface area contributed by atoms with Crippen LogP contribution in [0.1, 0.15) is 13.8 Å². The lowest BCUT2D eigenvalue weighted by Gasteiger charge is -2.41. The molecule has 7 nitrogen and oxygen atoms in total. The number of carbonyl (C=O) groups is 3.